The second kappa shape index (κ2) is 7.55. The first kappa shape index (κ1) is 17.6. The maximum atomic E-state index is 12.1. The van der Waals surface area contributed by atoms with E-state index in [1.807, 2.05) is 29.2 Å². The fourth-order valence-electron chi connectivity index (χ4n) is 2.17. The number of nitrogens with two attached hydrogens (primary N) is 1. The van der Waals surface area contributed by atoms with Crippen molar-refractivity contribution >= 4 is 41.7 Å². The predicted molar refractivity (Wildman–Crippen MR) is 87.8 cm³/mol. The zero-order valence-electron chi connectivity index (χ0n) is 11.5. The van der Waals surface area contributed by atoms with Crippen molar-refractivity contribution in [1.82, 2.24) is 4.90 Å². The molecule has 0 spiro atoms. The second-order valence-electron chi connectivity index (χ2n) is 5.32. The van der Waals surface area contributed by atoms with E-state index >= 15 is 0 Å². The minimum Gasteiger partial charge on any atom is -0.341 e. The van der Waals surface area contributed by atoms with Crippen LogP contribution in [0.25, 0.3) is 0 Å². The largest absolute Gasteiger partial charge is 0.341 e. The lowest BCUT2D eigenvalue weighted by Gasteiger charge is -2.22. The van der Waals surface area contributed by atoms with Gasteiger partial charge in [-0.25, -0.2) is 0 Å². The molecule has 1 aliphatic heterocycles. The molecule has 1 aromatic rings. The molecule has 1 amide bonds. The van der Waals surface area contributed by atoms with Crippen molar-refractivity contribution in [1.29, 1.82) is 0 Å². The highest BCUT2D eigenvalue weighted by Crippen LogP contribution is 2.29. The molecule has 1 saturated heterocycles. The molecule has 0 aromatic heterocycles. The quantitative estimate of drug-likeness (QED) is 0.861. The lowest BCUT2D eigenvalue weighted by Crippen LogP contribution is -2.35. The molecule has 1 aliphatic rings. The molecule has 6 heteroatoms. The average Bonchev–Trinajstić information content (AvgIpc) is 2.81. The summed E-state index contributed by atoms with van der Waals surface area (Å²) in [6.07, 6.45) is 1.00. The highest BCUT2D eigenvalue weighted by Gasteiger charge is 2.34. The van der Waals surface area contributed by atoms with E-state index in [1.54, 1.807) is 11.8 Å². The molecular formula is C14H20Cl2N2OS. The summed E-state index contributed by atoms with van der Waals surface area (Å²) in [5, 5.41) is 0.717. The number of benzene rings is 1. The van der Waals surface area contributed by atoms with E-state index < -0.39 is 0 Å². The zero-order chi connectivity index (χ0) is 13.9. The summed E-state index contributed by atoms with van der Waals surface area (Å²) in [4.78, 5) is 15.1. The van der Waals surface area contributed by atoms with Crippen molar-refractivity contribution in [3.8, 4) is 0 Å². The van der Waals surface area contributed by atoms with Gasteiger partial charge >= 0.3 is 0 Å². The highest BCUT2D eigenvalue weighted by molar-refractivity contribution is 8.00. The van der Waals surface area contributed by atoms with Gasteiger partial charge in [0.25, 0.3) is 0 Å². The van der Waals surface area contributed by atoms with E-state index in [-0.39, 0.29) is 23.7 Å². The Hall–Kier alpha value is -0.420. The summed E-state index contributed by atoms with van der Waals surface area (Å²) in [6, 6.07) is 7.56. The Labute approximate surface area is 135 Å². The highest BCUT2D eigenvalue weighted by atomic mass is 35.5. The van der Waals surface area contributed by atoms with Crippen LogP contribution in [0.5, 0.6) is 0 Å². The number of thioether (sulfide) groups is 1. The Kier molecular flexibility index (Phi) is 6.65. The summed E-state index contributed by atoms with van der Waals surface area (Å²) in [5.74, 6) is 0.666. The smallest absolute Gasteiger partial charge is 0.232 e. The van der Waals surface area contributed by atoms with E-state index in [4.69, 9.17) is 17.3 Å². The van der Waals surface area contributed by atoms with Gasteiger partial charge in [-0.15, -0.1) is 24.2 Å². The van der Waals surface area contributed by atoms with Gasteiger partial charge in [-0.05, 0) is 42.6 Å². The van der Waals surface area contributed by atoms with Gasteiger partial charge in [-0.2, -0.15) is 0 Å². The van der Waals surface area contributed by atoms with Crippen molar-refractivity contribution < 1.29 is 4.79 Å². The lowest BCUT2D eigenvalue weighted by atomic mass is 9.90. The Balaban J connectivity index is 0.00000200. The van der Waals surface area contributed by atoms with Crippen molar-refractivity contribution in [2.75, 3.05) is 25.4 Å². The van der Waals surface area contributed by atoms with Gasteiger partial charge in [0.1, 0.15) is 0 Å². The van der Waals surface area contributed by atoms with E-state index in [0.29, 0.717) is 17.3 Å². The van der Waals surface area contributed by atoms with E-state index in [9.17, 15) is 4.79 Å². The molecule has 1 atom stereocenters. The summed E-state index contributed by atoms with van der Waals surface area (Å²) >= 11 is 7.38. The second-order valence-corrected chi connectivity index (χ2v) is 6.81. The molecule has 20 heavy (non-hydrogen) atoms. The standard InChI is InChI=1S/C14H19ClN2OS.ClH/c1-14(9-16)6-7-17(10-14)13(18)8-19-12-4-2-11(15)3-5-12;/h2-5H,6-10,16H2,1H3;1H. The minimum absolute atomic E-state index is 0. The van der Waals surface area contributed by atoms with Gasteiger partial charge in [0.15, 0.2) is 0 Å². The summed E-state index contributed by atoms with van der Waals surface area (Å²) in [7, 11) is 0. The van der Waals surface area contributed by atoms with Crippen LogP contribution >= 0.6 is 35.8 Å². The number of nitrogens with zero attached hydrogens (tertiary/aromatic N) is 1. The summed E-state index contributed by atoms with van der Waals surface area (Å²) in [6.45, 7) is 4.39. The molecule has 3 nitrogen and oxygen atoms in total. The number of likely N-dealkylation sites (tertiary alicyclic amines) is 1. The molecule has 112 valence electrons. The number of carbonyl (C=O) groups is 1. The molecule has 1 unspecified atom stereocenters. The molecule has 0 saturated carbocycles. The van der Waals surface area contributed by atoms with Crippen LogP contribution in [0.4, 0.5) is 0 Å². The Morgan fingerprint density at radius 1 is 1.45 bits per heavy atom. The molecule has 2 N–H and O–H groups in total. The average molecular weight is 335 g/mol. The third kappa shape index (κ3) is 4.55. The number of rotatable bonds is 4. The third-order valence-corrected chi connectivity index (χ3v) is 4.83. The Bertz CT molecular complexity index is 455. The lowest BCUT2D eigenvalue weighted by molar-refractivity contribution is -0.127. The van der Waals surface area contributed by atoms with Gasteiger partial charge in [0.2, 0.25) is 5.91 Å². The van der Waals surface area contributed by atoms with Crippen LogP contribution < -0.4 is 5.73 Å². The molecule has 0 aliphatic carbocycles. The van der Waals surface area contributed by atoms with Crippen LogP contribution in [0.2, 0.25) is 5.02 Å². The van der Waals surface area contributed by atoms with Crippen LogP contribution in [0.3, 0.4) is 0 Å². The molecule has 2 rings (SSSR count). The van der Waals surface area contributed by atoms with Gasteiger partial charge in [0, 0.05) is 23.0 Å². The number of carbonyl (C=O) groups excluding carboxylic acids is 1. The van der Waals surface area contributed by atoms with Crippen LogP contribution in [0.1, 0.15) is 13.3 Å². The first-order valence-electron chi connectivity index (χ1n) is 6.39. The molecule has 1 aromatic carbocycles. The normalized spacial score (nSPS) is 21.6. The van der Waals surface area contributed by atoms with Crippen LogP contribution in [-0.2, 0) is 4.79 Å². The summed E-state index contributed by atoms with van der Waals surface area (Å²) < 4.78 is 0. The van der Waals surface area contributed by atoms with Crippen molar-refractivity contribution in [3.05, 3.63) is 29.3 Å². The maximum absolute atomic E-state index is 12.1. The number of halogens is 2. The predicted octanol–water partition coefficient (Wildman–Crippen LogP) is 3.05. The van der Waals surface area contributed by atoms with Gasteiger partial charge < -0.3 is 10.6 Å². The Morgan fingerprint density at radius 2 is 2.10 bits per heavy atom. The molecular weight excluding hydrogens is 315 g/mol. The van der Waals surface area contributed by atoms with Gasteiger partial charge in [-0.1, -0.05) is 18.5 Å². The minimum atomic E-state index is 0. The number of amides is 1. The monoisotopic (exact) mass is 334 g/mol. The molecule has 1 fully saturated rings. The fraction of sp³-hybridized carbons (Fsp3) is 0.500. The van der Waals surface area contributed by atoms with E-state index in [1.165, 1.54) is 0 Å². The van der Waals surface area contributed by atoms with Crippen molar-refractivity contribution in [3.63, 3.8) is 0 Å². The van der Waals surface area contributed by atoms with E-state index in [2.05, 4.69) is 6.92 Å². The van der Waals surface area contributed by atoms with Crippen molar-refractivity contribution in [2.24, 2.45) is 11.1 Å². The SMILES string of the molecule is CC1(CN)CCN(C(=O)CSc2ccc(Cl)cc2)C1.Cl. The maximum Gasteiger partial charge on any atom is 0.232 e. The third-order valence-electron chi connectivity index (χ3n) is 3.58. The fourth-order valence-corrected chi connectivity index (χ4v) is 3.10. The van der Waals surface area contributed by atoms with Gasteiger partial charge in [0.05, 0.1) is 5.75 Å². The molecule has 1 heterocycles. The topological polar surface area (TPSA) is 46.3 Å². The zero-order valence-corrected chi connectivity index (χ0v) is 13.9. The molecule has 0 radical (unpaired) electrons. The van der Waals surface area contributed by atoms with Crippen molar-refractivity contribution in [2.45, 2.75) is 18.2 Å². The molecule has 0 bridgehead atoms. The van der Waals surface area contributed by atoms with Gasteiger partial charge in [-0.3, -0.25) is 4.79 Å². The number of hydrogen-bond donors (Lipinski definition) is 1. The van der Waals surface area contributed by atoms with Crippen LogP contribution in [-0.4, -0.2) is 36.2 Å². The number of hydrogen-bond acceptors (Lipinski definition) is 3. The first-order chi connectivity index (χ1) is 9.02. The first-order valence-corrected chi connectivity index (χ1v) is 7.75. The van der Waals surface area contributed by atoms with Crippen LogP contribution in [0.15, 0.2) is 29.2 Å². The Morgan fingerprint density at radius 3 is 2.65 bits per heavy atom. The summed E-state index contributed by atoms with van der Waals surface area (Å²) in [5.41, 5.74) is 5.85. The van der Waals surface area contributed by atoms with Crippen LogP contribution in [0, 0.1) is 5.41 Å². The van der Waals surface area contributed by atoms with E-state index in [0.717, 1.165) is 24.4 Å².